The molecule has 0 aromatic carbocycles. The largest absolute Gasteiger partial charge is 0.463 e. The van der Waals surface area contributed by atoms with Crippen molar-refractivity contribution in [2.75, 3.05) is 19.8 Å². The smallest absolute Gasteiger partial charge is 0.305 e. The molecule has 0 bridgehead atoms. The van der Waals surface area contributed by atoms with Gasteiger partial charge in [-0.05, 0) is 70.6 Å². The van der Waals surface area contributed by atoms with Crippen LogP contribution in [0.3, 0.4) is 0 Å². The van der Waals surface area contributed by atoms with Crippen molar-refractivity contribution in [3.8, 4) is 0 Å². The number of rotatable bonds is 58. The van der Waals surface area contributed by atoms with Crippen molar-refractivity contribution in [2.24, 2.45) is 0 Å². The fourth-order valence-corrected chi connectivity index (χ4v) is 9.30. The van der Waals surface area contributed by atoms with Gasteiger partial charge in [-0.3, -0.25) is 9.59 Å². The van der Waals surface area contributed by atoms with E-state index in [1.807, 2.05) is 0 Å². The maximum atomic E-state index is 12.7. The molecule has 0 spiro atoms. The second-order valence-corrected chi connectivity index (χ2v) is 21.0. The van der Waals surface area contributed by atoms with Crippen molar-refractivity contribution in [1.82, 2.24) is 0 Å². The molecule has 0 aromatic rings. The van der Waals surface area contributed by atoms with E-state index < -0.39 is 6.10 Å². The topological polar surface area (TPSA) is 61.8 Å². The minimum absolute atomic E-state index is 0.159. The summed E-state index contributed by atoms with van der Waals surface area (Å²) in [7, 11) is 0. The number of allylic oxidation sites excluding steroid dienone is 4. The van der Waals surface area contributed by atoms with Gasteiger partial charge in [0.05, 0.1) is 0 Å². The van der Waals surface area contributed by atoms with Crippen LogP contribution >= 0.6 is 0 Å². The first-order valence-electron chi connectivity index (χ1n) is 30.9. The Bertz CT molecular complexity index is 1040. The highest BCUT2D eigenvalue weighted by molar-refractivity contribution is 5.69. The first-order valence-corrected chi connectivity index (χ1v) is 30.9. The van der Waals surface area contributed by atoms with Crippen molar-refractivity contribution in [2.45, 2.75) is 348 Å². The van der Waals surface area contributed by atoms with Gasteiger partial charge in [-0.15, -0.1) is 0 Å². The third-order valence-corrected chi connectivity index (χ3v) is 14.0. The van der Waals surface area contributed by atoms with Crippen LogP contribution in [0.4, 0.5) is 0 Å². The molecular formula is C63H120O5. The van der Waals surface area contributed by atoms with E-state index >= 15 is 0 Å². The Balaban J connectivity index is 4.21. The normalized spacial score (nSPS) is 12.2. The predicted octanol–water partition coefficient (Wildman–Crippen LogP) is 21.1. The van der Waals surface area contributed by atoms with E-state index in [4.69, 9.17) is 14.2 Å². The van der Waals surface area contributed by atoms with E-state index in [2.05, 4.69) is 45.1 Å². The molecule has 5 nitrogen and oxygen atoms in total. The van der Waals surface area contributed by atoms with E-state index in [1.165, 1.54) is 270 Å². The molecule has 0 saturated carbocycles. The molecule has 0 rings (SSSR count). The molecule has 402 valence electrons. The fraction of sp³-hybridized carbons (Fsp3) is 0.905. The lowest BCUT2D eigenvalue weighted by Crippen LogP contribution is -2.29. The predicted molar refractivity (Wildman–Crippen MR) is 298 cm³/mol. The second-order valence-electron chi connectivity index (χ2n) is 21.0. The molecule has 0 aromatic heterocycles. The lowest BCUT2D eigenvalue weighted by Gasteiger charge is -2.18. The van der Waals surface area contributed by atoms with Crippen LogP contribution in [0.2, 0.25) is 0 Å². The molecule has 0 aliphatic heterocycles. The van der Waals surface area contributed by atoms with Crippen LogP contribution in [0.1, 0.15) is 342 Å². The molecule has 0 saturated heterocycles. The van der Waals surface area contributed by atoms with Crippen molar-refractivity contribution >= 4 is 11.9 Å². The van der Waals surface area contributed by atoms with Gasteiger partial charge < -0.3 is 14.2 Å². The van der Waals surface area contributed by atoms with Crippen molar-refractivity contribution in [3.05, 3.63) is 24.3 Å². The Morgan fingerprint density at radius 3 is 0.779 bits per heavy atom. The lowest BCUT2D eigenvalue weighted by atomic mass is 10.0. The summed E-state index contributed by atoms with van der Waals surface area (Å²) in [4.78, 5) is 25.4. The highest BCUT2D eigenvalue weighted by Crippen LogP contribution is 2.17. The van der Waals surface area contributed by atoms with Gasteiger partial charge in [0.15, 0.2) is 0 Å². The van der Waals surface area contributed by atoms with Crippen LogP contribution in [-0.2, 0) is 23.8 Å². The number of hydrogen-bond acceptors (Lipinski definition) is 5. The molecule has 68 heavy (non-hydrogen) atoms. The van der Waals surface area contributed by atoms with Crippen LogP contribution in [0, 0.1) is 0 Å². The number of carbonyl (C=O) groups excluding carboxylic acids is 2. The summed E-state index contributed by atoms with van der Waals surface area (Å²) >= 11 is 0. The van der Waals surface area contributed by atoms with Gasteiger partial charge >= 0.3 is 11.9 Å². The summed E-state index contributed by atoms with van der Waals surface area (Å²) in [6.45, 7) is 7.79. The standard InChI is InChI=1S/C63H120O5/c1-4-7-10-13-16-19-22-25-28-31-32-34-36-39-42-45-48-51-54-57-63(65)68-60-61(66-58-55-52-49-46-43-40-37-30-27-24-21-18-15-12-9-6-3)59-67-62(64)56-53-50-47-44-41-38-35-33-29-26-23-20-17-14-11-8-5-2/h25-26,28-29,61H,4-24,27,30-60H2,1-3H3/b28-25-,29-26-/t61-/m0/s1. The van der Waals surface area contributed by atoms with Gasteiger partial charge in [-0.25, -0.2) is 0 Å². The zero-order valence-electron chi connectivity index (χ0n) is 46.4. The van der Waals surface area contributed by atoms with Gasteiger partial charge in [-0.2, -0.15) is 0 Å². The number of hydrogen-bond donors (Lipinski definition) is 0. The van der Waals surface area contributed by atoms with Gasteiger partial charge in [0.1, 0.15) is 19.3 Å². The van der Waals surface area contributed by atoms with Gasteiger partial charge in [0.25, 0.3) is 0 Å². The molecule has 0 fully saturated rings. The van der Waals surface area contributed by atoms with Crippen molar-refractivity contribution < 1.29 is 23.8 Å². The molecule has 0 aliphatic carbocycles. The summed E-state index contributed by atoms with van der Waals surface area (Å²) in [5.74, 6) is -0.320. The van der Waals surface area contributed by atoms with Gasteiger partial charge in [-0.1, -0.05) is 283 Å². The number of esters is 2. The first kappa shape index (κ1) is 66.4. The van der Waals surface area contributed by atoms with E-state index in [1.54, 1.807) is 0 Å². The average Bonchev–Trinajstić information content (AvgIpc) is 3.34. The quantitative estimate of drug-likeness (QED) is 0.0345. The van der Waals surface area contributed by atoms with E-state index in [-0.39, 0.29) is 25.2 Å². The van der Waals surface area contributed by atoms with Crippen LogP contribution in [0.15, 0.2) is 24.3 Å². The van der Waals surface area contributed by atoms with Gasteiger partial charge in [0.2, 0.25) is 0 Å². The summed E-state index contributed by atoms with van der Waals surface area (Å²) in [6.07, 6.45) is 72.3. The summed E-state index contributed by atoms with van der Waals surface area (Å²) < 4.78 is 17.6. The molecule has 0 amide bonds. The number of ether oxygens (including phenoxy) is 3. The maximum absolute atomic E-state index is 12.7. The molecule has 0 aliphatic rings. The minimum Gasteiger partial charge on any atom is -0.463 e. The molecule has 0 N–H and O–H groups in total. The Labute approximate surface area is 426 Å². The first-order chi connectivity index (χ1) is 33.6. The fourth-order valence-electron chi connectivity index (χ4n) is 9.30. The van der Waals surface area contributed by atoms with E-state index in [0.29, 0.717) is 19.4 Å². The van der Waals surface area contributed by atoms with Crippen LogP contribution in [-0.4, -0.2) is 37.9 Å². The molecule has 0 unspecified atom stereocenters. The van der Waals surface area contributed by atoms with Crippen LogP contribution in [0.25, 0.3) is 0 Å². The Morgan fingerprint density at radius 1 is 0.294 bits per heavy atom. The second kappa shape index (κ2) is 59.7. The zero-order chi connectivity index (χ0) is 49.2. The highest BCUT2D eigenvalue weighted by atomic mass is 16.6. The molecule has 5 heteroatoms. The molecule has 1 atom stereocenters. The Kier molecular flexibility index (Phi) is 58.3. The maximum Gasteiger partial charge on any atom is 0.305 e. The molecular weight excluding hydrogens is 837 g/mol. The van der Waals surface area contributed by atoms with Crippen molar-refractivity contribution in [1.29, 1.82) is 0 Å². The van der Waals surface area contributed by atoms with Crippen LogP contribution < -0.4 is 0 Å². The third kappa shape index (κ3) is 57.0. The van der Waals surface area contributed by atoms with Gasteiger partial charge in [0, 0.05) is 19.4 Å². The minimum atomic E-state index is -0.397. The zero-order valence-corrected chi connectivity index (χ0v) is 46.4. The summed E-state index contributed by atoms with van der Waals surface area (Å²) in [5, 5.41) is 0. The number of carbonyl (C=O) groups is 2. The lowest BCUT2D eigenvalue weighted by molar-refractivity contribution is -0.155. The van der Waals surface area contributed by atoms with E-state index in [9.17, 15) is 9.59 Å². The van der Waals surface area contributed by atoms with E-state index in [0.717, 1.165) is 38.5 Å². The molecule has 0 heterocycles. The third-order valence-electron chi connectivity index (χ3n) is 14.0. The van der Waals surface area contributed by atoms with Crippen LogP contribution in [0.5, 0.6) is 0 Å². The Morgan fingerprint density at radius 2 is 0.515 bits per heavy atom. The average molecular weight is 958 g/mol. The van der Waals surface area contributed by atoms with Crippen molar-refractivity contribution in [3.63, 3.8) is 0 Å². The summed E-state index contributed by atoms with van der Waals surface area (Å²) in [6, 6.07) is 0. The Hall–Kier alpha value is -1.62. The molecule has 0 radical (unpaired) electrons. The number of unbranched alkanes of at least 4 members (excludes halogenated alkanes) is 43. The SMILES string of the molecule is CCCCCCCC/C=C\CCCCCCCCCCCC(=O)OC[C@H](COC(=O)CCCCCCCCC/C=C\CCCCCCCC)OCCCCCCCCCCCCCCCCCC. The monoisotopic (exact) mass is 957 g/mol. The highest BCUT2D eigenvalue weighted by Gasteiger charge is 2.16. The summed E-state index contributed by atoms with van der Waals surface area (Å²) in [5.41, 5.74) is 0.